The summed E-state index contributed by atoms with van der Waals surface area (Å²) in [5, 5.41) is 14.5. The fourth-order valence-electron chi connectivity index (χ4n) is 5.05. The first-order valence-corrected chi connectivity index (χ1v) is 9.45. The zero-order valence-electron chi connectivity index (χ0n) is 16.1. The van der Waals surface area contributed by atoms with Crippen LogP contribution in [0.5, 0.6) is 17.2 Å². The van der Waals surface area contributed by atoms with Crippen LogP contribution in [0.25, 0.3) is 21.5 Å². The molecule has 2 heterocycles. The Morgan fingerprint density at radius 2 is 1.68 bits per heavy atom. The topological polar surface area (TPSA) is 67.9 Å². The summed E-state index contributed by atoms with van der Waals surface area (Å²) in [6, 6.07) is 10.0. The fraction of sp³-hybridized carbons (Fsp3) is 0.364. The van der Waals surface area contributed by atoms with Crippen LogP contribution in [0.1, 0.15) is 30.0 Å². The summed E-state index contributed by atoms with van der Waals surface area (Å²) in [5.41, 5.74) is 9.28. The zero-order valence-corrected chi connectivity index (χ0v) is 16.9. The molecule has 0 saturated carbocycles. The lowest BCUT2D eigenvalue weighted by Crippen LogP contribution is -2.42. The quantitative estimate of drug-likeness (QED) is 0.633. The van der Waals surface area contributed by atoms with Gasteiger partial charge in [0.15, 0.2) is 11.5 Å². The van der Waals surface area contributed by atoms with Gasteiger partial charge in [-0.15, -0.1) is 12.4 Å². The number of nitrogens with zero attached hydrogens (tertiary/aromatic N) is 1. The number of methoxy groups -OCH3 is 2. The van der Waals surface area contributed by atoms with E-state index >= 15 is 0 Å². The normalized spacial score (nSPS) is 21.2. The van der Waals surface area contributed by atoms with Gasteiger partial charge in [-0.1, -0.05) is 6.07 Å². The van der Waals surface area contributed by atoms with Gasteiger partial charge in [-0.3, -0.25) is 4.90 Å². The molecule has 28 heavy (non-hydrogen) atoms. The number of hydrogen-bond acceptors (Lipinski definition) is 5. The summed E-state index contributed by atoms with van der Waals surface area (Å²) < 4.78 is 11.1. The molecule has 6 heteroatoms. The van der Waals surface area contributed by atoms with Gasteiger partial charge in [-0.25, -0.2) is 0 Å². The first-order valence-electron chi connectivity index (χ1n) is 9.45. The van der Waals surface area contributed by atoms with Crippen molar-refractivity contribution >= 4 is 34.0 Å². The van der Waals surface area contributed by atoms with E-state index in [1.165, 1.54) is 17.5 Å². The maximum absolute atomic E-state index is 10.1. The molecule has 0 aliphatic carbocycles. The first-order chi connectivity index (χ1) is 13.1. The molecular weight excluding hydrogens is 376 g/mol. The molecule has 0 bridgehead atoms. The van der Waals surface area contributed by atoms with Crippen molar-refractivity contribution in [2.24, 2.45) is 5.73 Å². The smallest absolute Gasteiger partial charge is 0.161 e. The molecule has 148 valence electrons. The summed E-state index contributed by atoms with van der Waals surface area (Å²) in [4.78, 5) is 2.51. The van der Waals surface area contributed by atoms with E-state index in [9.17, 15) is 5.11 Å². The van der Waals surface area contributed by atoms with Gasteiger partial charge in [-0.2, -0.15) is 0 Å². The summed E-state index contributed by atoms with van der Waals surface area (Å²) >= 11 is 0. The molecule has 1 saturated heterocycles. The second-order valence-corrected chi connectivity index (χ2v) is 7.58. The number of nitrogens with two attached hydrogens (primary N) is 1. The van der Waals surface area contributed by atoms with Crippen LogP contribution in [0.15, 0.2) is 30.3 Å². The van der Waals surface area contributed by atoms with Gasteiger partial charge in [0, 0.05) is 18.6 Å². The van der Waals surface area contributed by atoms with Crippen molar-refractivity contribution in [2.45, 2.75) is 31.5 Å². The molecule has 0 spiro atoms. The highest BCUT2D eigenvalue weighted by Crippen LogP contribution is 2.46. The van der Waals surface area contributed by atoms with Crippen LogP contribution in [0.3, 0.4) is 0 Å². The molecule has 3 aromatic carbocycles. The molecule has 2 aliphatic rings. The number of phenolic OH excluding ortho intramolecular Hbond substituents is 1. The van der Waals surface area contributed by atoms with E-state index in [-0.39, 0.29) is 24.2 Å². The van der Waals surface area contributed by atoms with Crippen LogP contribution in [-0.2, 0) is 6.54 Å². The number of benzene rings is 3. The third-order valence-electron chi connectivity index (χ3n) is 6.28. The predicted octanol–water partition coefficient (Wildman–Crippen LogP) is 4.12. The summed E-state index contributed by atoms with van der Waals surface area (Å²) in [5.74, 6) is 1.66. The van der Waals surface area contributed by atoms with Crippen molar-refractivity contribution in [1.82, 2.24) is 4.90 Å². The van der Waals surface area contributed by atoms with E-state index in [1.807, 2.05) is 18.2 Å². The molecule has 0 amide bonds. The number of hydrogen-bond donors (Lipinski definition) is 2. The molecule has 1 unspecified atom stereocenters. The van der Waals surface area contributed by atoms with Crippen molar-refractivity contribution in [1.29, 1.82) is 0 Å². The van der Waals surface area contributed by atoms with Crippen molar-refractivity contribution in [3.8, 4) is 17.2 Å². The highest BCUT2D eigenvalue weighted by atomic mass is 35.5. The largest absolute Gasteiger partial charge is 0.508 e. The van der Waals surface area contributed by atoms with Crippen LogP contribution >= 0.6 is 12.4 Å². The Hall–Kier alpha value is -2.21. The third kappa shape index (κ3) is 2.61. The van der Waals surface area contributed by atoms with E-state index in [2.05, 4.69) is 11.0 Å². The predicted molar refractivity (Wildman–Crippen MR) is 114 cm³/mol. The van der Waals surface area contributed by atoms with Gasteiger partial charge in [0.25, 0.3) is 0 Å². The minimum absolute atomic E-state index is 0. The average molecular weight is 401 g/mol. The first kappa shape index (κ1) is 19.1. The number of phenols is 1. The van der Waals surface area contributed by atoms with E-state index in [4.69, 9.17) is 15.2 Å². The SMILES string of the molecule is COc1cc2c3c(c4ccc(O)cc4c2cc1OC)C(N)[C@@H]1CCCN1C3.Cl. The van der Waals surface area contributed by atoms with Gasteiger partial charge < -0.3 is 20.3 Å². The molecule has 3 N–H and O–H groups in total. The zero-order chi connectivity index (χ0) is 18.7. The Kier molecular flexibility index (Phi) is 4.78. The Bertz CT molecular complexity index is 1070. The lowest BCUT2D eigenvalue weighted by molar-refractivity contribution is 0.200. The van der Waals surface area contributed by atoms with Crippen LogP contribution in [0.2, 0.25) is 0 Å². The average Bonchev–Trinajstić information content (AvgIpc) is 3.16. The third-order valence-corrected chi connectivity index (χ3v) is 6.28. The van der Waals surface area contributed by atoms with Gasteiger partial charge in [0.05, 0.1) is 14.2 Å². The monoisotopic (exact) mass is 400 g/mol. The molecular formula is C22H25ClN2O3. The van der Waals surface area contributed by atoms with Crippen molar-refractivity contribution in [3.05, 3.63) is 41.5 Å². The molecule has 0 aromatic heterocycles. The van der Waals surface area contributed by atoms with E-state index in [1.54, 1.807) is 20.3 Å². The van der Waals surface area contributed by atoms with Crippen LogP contribution in [-0.4, -0.2) is 36.8 Å². The Balaban J connectivity index is 0.00000192. The van der Waals surface area contributed by atoms with Crippen LogP contribution in [0.4, 0.5) is 0 Å². The fourth-order valence-corrected chi connectivity index (χ4v) is 5.05. The van der Waals surface area contributed by atoms with Gasteiger partial charge in [0.2, 0.25) is 0 Å². The standard InChI is InChI=1S/C22H24N2O3.ClH/c1-26-19-9-15-14-8-12(25)5-6-13(14)21-17(16(15)10-20(19)27-2)11-24-7-3-4-18(24)22(21)23;/h5-6,8-10,18,22,25H,3-4,7,11,23H2,1-2H3;1H/t18-,22?;/m0./s1. The number of ether oxygens (including phenoxy) is 2. The summed E-state index contributed by atoms with van der Waals surface area (Å²) in [6.07, 6.45) is 2.34. The van der Waals surface area contributed by atoms with Crippen molar-refractivity contribution < 1.29 is 14.6 Å². The molecule has 5 nitrogen and oxygen atoms in total. The number of fused-ring (bicyclic) bond motifs is 7. The minimum Gasteiger partial charge on any atom is -0.508 e. The molecule has 3 aromatic rings. The van der Waals surface area contributed by atoms with Gasteiger partial charge in [-0.05, 0) is 76.3 Å². The maximum Gasteiger partial charge on any atom is 0.161 e. The summed E-state index contributed by atoms with van der Waals surface area (Å²) in [6.45, 7) is 2.00. The molecule has 0 radical (unpaired) electrons. The second kappa shape index (κ2) is 6.99. The van der Waals surface area contributed by atoms with E-state index in [0.717, 1.165) is 41.1 Å². The lowest BCUT2D eigenvalue weighted by Gasteiger charge is -2.38. The Morgan fingerprint density at radius 3 is 2.39 bits per heavy atom. The van der Waals surface area contributed by atoms with E-state index in [0.29, 0.717) is 17.5 Å². The molecule has 5 rings (SSSR count). The number of halogens is 1. The van der Waals surface area contributed by atoms with Gasteiger partial charge >= 0.3 is 0 Å². The highest BCUT2D eigenvalue weighted by Gasteiger charge is 2.38. The number of rotatable bonds is 2. The molecule has 2 aliphatic heterocycles. The van der Waals surface area contributed by atoms with Crippen LogP contribution in [0, 0.1) is 0 Å². The van der Waals surface area contributed by atoms with Crippen LogP contribution < -0.4 is 15.2 Å². The lowest BCUT2D eigenvalue weighted by atomic mass is 9.82. The molecule has 2 atom stereocenters. The van der Waals surface area contributed by atoms with Gasteiger partial charge in [0.1, 0.15) is 5.75 Å². The second-order valence-electron chi connectivity index (χ2n) is 7.58. The number of aromatic hydroxyl groups is 1. The summed E-state index contributed by atoms with van der Waals surface area (Å²) in [7, 11) is 3.30. The highest BCUT2D eigenvalue weighted by molar-refractivity contribution is 6.12. The Morgan fingerprint density at radius 1 is 1.00 bits per heavy atom. The van der Waals surface area contributed by atoms with E-state index < -0.39 is 0 Å². The minimum atomic E-state index is -0.0270. The maximum atomic E-state index is 10.1. The van der Waals surface area contributed by atoms with Crippen molar-refractivity contribution in [2.75, 3.05) is 20.8 Å². The molecule has 1 fully saturated rings. The Labute approximate surface area is 170 Å². The van der Waals surface area contributed by atoms with Crippen molar-refractivity contribution in [3.63, 3.8) is 0 Å².